The minimum absolute atomic E-state index is 0.0431. The molecular formula is C23H20N2O3S. The van der Waals surface area contributed by atoms with Crippen molar-refractivity contribution in [3.05, 3.63) is 81.5 Å². The molecule has 2 heterocycles. The molecule has 1 amide bonds. The molecule has 0 unspecified atom stereocenters. The number of amides is 1. The molecule has 0 aliphatic carbocycles. The normalized spacial score (nSPS) is 11.1. The van der Waals surface area contributed by atoms with Crippen molar-refractivity contribution in [2.45, 2.75) is 20.3 Å². The van der Waals surface area contributed by atoms with Crippen molar-refractivity contribution in [1.29, 1.82) is 0 Å². The fraction of sp³-hybridized carbons (Fsp3) is 0.174. The first kappa shape index (κ1) is 19.1. The van der Waals surface area contributed by atoms with Crippen molar-refractivity contribution in [3.63, 3.8) is 0 Å². The van der Waals surface area contributed by atoms with E-state index in [-0.39, 0.29) is 5.56 Å². The van der Waals surface area contributed by atoms with Gasteiger partial charge in [-0.1, -0.05) is 56.3 Å². The fourth-order valence-electron chi connectivity index (χ4n) is 3.13. The van der Waals surface area contributed by atoms with E-state index in [1.54, 1.807) is 24.3 Å². The van der Waals surface area contributed by atoms with Gasteiger partial charge in [0, 0.05) is 16.3 Å². The molecule has 0 radical (unpaired) electrons. The van der Waals surface area contributed by atoms with E-state index in [4.69, 9.17) is 4.42 Å². The van der Waals surface area contributed by atoms with Gasteiger partial charge in [0.2, 0.25) is 0 Å². The molecule has 0 saturated carbocycles. The summed E-state index contributed by atoms with van der Waals surface area (Å²) in [4.78, 5) is 29.2. The maximum absolute atomic E-state index is 12.6. The molecule has 29 heavy (non-hydrogen) atoms. The molecule has 0 bridgehead atoms. The van der Waals surface area contributed by atoms with Crippen LogP contribution >= 0.6 is 11.3 Å². The first-order valence-electron chi connectivity index (χ1n) is 9.38. The van der Waals surface area contributed by atoms with Gasteiger partial charge in [-0.2, -0.15) is 0 Å². The summed E-state index contributed by atoms with van der Waals surface area (Å²) in [5.41, 5.74) is 2.80. The number of carbonyl (C=O) groups excluding carboxylic acids is 1. The Bertz CT molecular complexity index is 1220. The molecule has 4 aromatic rings. The number of nitrogens with zero attached hydrogens (tertiary/aromatic N) is 1. The molecule has 6 heteroatoms. The van der Waals surface area contributed by atoms with Crippen LogP contribution < -0.4 is 10.9 Å². The van der Waals surface area contributed by atoms with Gasteiger partial charge >= 0.3 is 5.63 Å². The largest absolute Gasteiger partial charge is 0.422 e. The average Bonchev–Trinajstić information content (AvgIpc) is 3.16. The van der Waals surface area contributed by atoms with Crippen molar-refractivity contribution in [2.24, 2.45) is 5.92 Å². The highest BCUT2D eigenvalue weighted by Gasteiger charge is 2.16. The summed E-state index contributed by atoms with van der Waals surface area (Å²) in [5, 5.41) is 5.71. The predicted octanol–water partition coefficient (Wildman–Crippen LogP) is 5.37. The lowest BCUT2D eigenvalue weighted by atomic mass is 10.0. The Hall–Kier alpha value is -3.25. The average molecular weight is 404 g/mol. The zero-order valence-corrected chi connectivity index (χ0v) is 17.0. The van der Waals surface area contributed by atoms with Gasteiger partial charge in [0.15, 0.2) is 5.13 Å². The Balaban J connectivity index is 1.52. The van der Waals surface area contributed by atoms with Crippen molar-refractivity contribution >= 4 is 33.3 Å². The van der Waals surface area contributed by atoms with E-state index < -0.39 is 11.5 Å². The van der Waals surface area contributed by atoms with Crippen LogP contribution in [0.1, 0.15) is 29.8 Å². The van der Waals surface area contributed by atoms with Crippen molar-refractivity contribution in [2.75, 3.05) is 5.32 Å². The monoisotopic (exact) mass is 404 g/mol. The second kappa shape index (κ2) is 8.01. The third-order valence-corrected chi connectivity index (χ3v) is 5.26. The van der Waals surface area contributed by atoms with Gasteiger partial charge in [-0.25, -0.2) is 9.78 Å². The van der Waals surface area contributed by atoms with Gasteiger partial charge in [-0.15, -0.1) is 11.3 Å². The lowest BCUT2D eigenvalue weighted by Gasteiger charge is -2.05. The van der Waals surface area contributed by atoms with Crippen LogP contribution in [0.25, 0.3) is 22.2 Å². The van der Waals surface area contributed by atoms with Gasteiger partial charge in [0.1, 0.15) is 11.1 Å². The second-order valence-electron chi connectivity index (χ2n) is 7.27. The highest BCUT2D eigenvalue weighted by molar-refractivity contribution is 7.14. The van der Waals surface area contributed by atoms with Crippen molar-refractivity contribution in [1.82, 2.24) is 4.98 Å². The third-order valence-electron chi connectivity index (χ3n) is 4.50. The molecule has 0 fully saturated rings. The topological polar surface area (TPSA) is 72.2 Å². The Morgan fingerprint density at radius 3 is 2.66 bits per heavy atom. The summed E-state index contributed by atoms with van der Waals surface area (Å²) in [6, 6.07) is 16.9. The number of anilines is 1. The Kier molecular flexibility index (Phi) is 5.27. The number of thiazole rings is 1. The van der Waals surface area contributed by atoms with Crippen LogP contribution in [0.3, 0.4) is 0 Å². The lowest BCUT2D eigenvalue weighted by molar-refractivity contribution is 0.102. The van der Waals surface area contributed by atoms with E-state index in [9.17, 15) is 9.59 Å². The number of fused-ring (bicyclic) bond motifs is 1. The van der Waals surface area contributed by atoms with Crippen LogP contribution in [0.15, 0.2) is 69.2 Å². The molecule has 0 aliphatic rings. The van der Waals surface area contributed by atoms with Crippen LogP contribution in [0, 0.1) is 5.92 Å². The number of carbonyl (C=O) groups is 1. The van der Waals surface area contributed by atoms with E-state index in [1.165, 1.54) is 16.9 Å². The van der Waals surface area contributed by atoms with Crippen LogP contribution in [-0.2, 0) is 6.42 Å². The zero-order chi connectivity index (χ0) is 20.4. The molecule has 0 aliphatic heterocycles. The molecule has 0 spiro atoms. The number of benzene rings is 2. The van der Waals surface area contributed by atoms with E-state index in [2.05, 4.69) is 36.3 Å². The summed E-state index contributed by atoms with van der Waals surface area (Å²) in [7, 11) is 0. The Labute approximate surface area is 172 Å². The first-order valence-corrected chi connectivity index (χ1v) is 10.3. The molecule has 1 N–H and O–H groups in total. The standard InChI is InChI=1S/C23H20N2O3S/c1-14(2)11-15-7-9-16(10-8-15)19-13-29-23(24-19)25-21(26)18-12-17-5-3-4-6-20(17)28-22(18)27/h3-10,12-14H,11H2,1-2H3,(H,24,25,26). The molecule has 2 aromatic carbocycles. The van der Waals surface area contributed by atoms with E-state index in [0.717, 1.165) is 17.7 Å². The number of nitrogens with one attached hydrogen (secondary N) is 1. The Morgan fingerprint density at radius 1 is 1.14 bits per heavy atom. The molecule has 0 saturated heterocycles. The summed E-state index contributed by atoms with van der Waals surface area (Å²) in [5.74, 6) is 0.0763. The smallest absolute Gasteiger partial charge is 0.349 e. The SMILES string of the molecule is CC(C)Cc1ccc(-c2csc(NC(=O)c3cc4ccccc4oc3=O)n2)cc1. The maximum Gasteiger partial charge on any atom is 0.349 e. The number of hydrogen-bond acceptors (Lipinski definition) is 5. The predicted molar refractivity (Wildman–Crippen MR) is 117 cm³/mol. The van der Waals surface area contributed by atoms with Gasteiger partial charge in [-0.05, 0) is 30.0 Å². The van der Waals surface area contributed by atoms with Gasteiger partial charge in [0.05, 0.1) is 5.69 Å². The van der Waals surface area contributed by atoms with Crippen LogP contribution in [0.2, 0.25) is 0 Å². The van der Waals surface area contributed by atoms with Crippen LogP contribution in [0.5, 0.6) is 0 Å². The van der Waals surface area contributed by atoms with Crippen molar-refractivity contribution < 1.29 is 9.21 Å². The van der Waals surface area contributed by atoms with Crippen LogP contribution in [-0.4, -0.2) is 10.9 Å². The minimum atomic E-state index is -0.668. The number of aromatic nitrogens is 1. The molecule has 2 aromatic heterocycles. The highest BCUT2D eigenvalue weighted by atomic mass is 32.1. The molecular weight excluding hydrogens is 384 g/mol. The fourth-order valence-corrected chi connectivity index (χ4v) is 3.85. The first-order chi connectivity index (χ1) is 14.0. The minimum Gasteiger partial charge on any atom is -0.422 e. The van der Waals surface area contributed by atoms with Gasteiger partial charge in [0.25, 0.3) is 5.91 Å². The number of para-hydroxylation sites is 1. The van der Waals surface area contributed by atoms with E-state index >= 15 is 0 Å². The zero-order valence-electron chi connectivity index (χ0n) is 16.1. The summed E-state index contributed by atoms with van der Waals surface area (Å²) >= 11 is 1.32. The number of rotatable bonds is 5. The lowest BCUT2D eigenvalue weighted by Crippen LogP contribution is -2.20. The molecule has 4 rings (SSSR count). The Morgan fingerprint density at radius 2 is 1.90 bits per heavy atom. The van der Waals surface area contributed by atoms with E-state index in [0.29, 0.717) is 22.0 Å². The van der Waals surface area contributed by atoms with E-state index in [1.807, 2.05) is 23.6 Å². The molecule has 0 atom stereocenters. The van der Waals surface area contributed by atoms with Gasteiger partial charge < -0.3 is 4.42 Å². The summed E-state index contributed by atoms with van der Waals surface area (Å²) in [6.45, 7) is 4.39. The second-order valence-corrected chi connectivity index (χ2v) is 8.13. The van der Waals surface area contributed by atoms with Gasteiger partial charge in [-0.3, -0.25) is 10.1 Å². The molecule has 146 valence electrons. The highest BCUT2D eigenvalue weighted by Crippen LogP contribution is 2.26. The van der Waals surface area contributed by atoms with Crippen molar-refractivity contribution in [3.8, 4) is 11.3 Å². The van der Waals surface area contributed by atoms with Crippen LogP contribution in [0.4, 0.5) is 5.13 Å². The maximum atomic E-state index is 12.6. The summed E-state index contributed by atoms with van der Waals surface area (Å²) in [6.07, 6.45) is 1.03. The summed E-state index contributed by atoms with van der Waals surface area (Å²) < 4.78 is 5.23. The quantitative estimate of drug-likeness (QED) is 0.454. The number of hydrogen-bond donors (Lipinski definition) is 1. The molecule has 5 nitrogen and oxygen atoms in total. The third kappa shape index (κ3) is 4.27.